The van der Waals surface area contributed by atoms with Crippen molar-refractivity contribution in [3.8, 4) is 0 Å². The molecule has 32 heavy (non-hydrogen) atoms. The second-order valence-corrected chi connectivity index (χ2v) is 8.24. The van der Waals surface area contributed by atoms with Crippen molar-refractivity contribution in [2.45, 2.75) is 45.7 Å². The minimum absolute atomic E-state index is 0.242. The van der Waals surface area contributed by atoms with E-state index in [1.807, 2.05) is 60.3 Å². The first-order chi connectivity index (χ1) is 15.4. The topological polar surface area (TPSA) is 86.2 Å². The molecule has 1 N–H and O–H groups in total. The van der Waals surface area contributed by atoms with Crippen LogP contribution in [-0.2, 0) is 31.4 Å². The fourth-order valence-corrected chi connectivity index (χ4v) is 4.35. The van der Waals surface area contributed by atoms with Crippen LogP contribution in [0.3, 0.4) is 0 Å². The third kappa shape index (κ3) is 3.98. The molecule has 0 aliphatic carbocycles. The lowest BCUT2D eigenvalue weighted by Crippen LogP contribution is -2.41. The molecule has 0 radical (unpaired) electrons. The Bertz CT molecular complexity index is 1430. The Morgan fingerprint density at radius 1 is 0.969 bits per heavy atom. The second kappa shape index (κ2) is 8.86. The van der Waals surface area contributed by atoms with Gasteiger partial charge in [0.1, 0.15) is 6.54 Å². The summed E-state index contributed by atoms with van der Waals surface area (Å²) in [5.41, 5.74) is 2.33. The van der Waals surface area contributed by atoms with Gasteiger partial charge in [-0.15, -0.1) is 0 Å². The van der Waals surface area contributed by atoms with E-state index in [1.165, 1.54) is 4.57 Å². The van der Waals surface area contributed by atoms with Gasteiger partial charge in [0.25, 0.3) is 5.56 Å². The van der Waals surface area contributed by atoms with E-state index in [9.17, 15) is 19.5 Å². The van der Waals surface area contributed by atoms with Crippen molar-refractivity contribution in [3.63, 3.8) is 0 Å². The third-order valence-electron chi connectivity index (χ3n) is 5.96. The average Bonchev–Trinajstić information content (AvgIpc) is 3.10. The molecule has 0 spiro atoms. The highest BCUT2D eigenvalue weighted by atomic mass is 16.4. The number of carboxylic acid groups (broad SMARTS) is 1. The summed E-state index contributed by atoms with van der Waals surface area (Å²) < 4.78 is 4.33. The van der Waals surface area contributed by atoms with E-state index in [1.54, 1.807) is 0 Å². The number of hydrogen-bond donors (Lipinski definition) is 1. The molecule has 7 nitrogen and oxygen atoms in total. The number of aromatic nitrogens is 3. The third-order valence-corrected chi connectivity index (χ3v) is 5.96. The van der Waals surface area contributed by atoms with Crippen molar-refractivity contribution < 1.29 is 9.90 Å². The van der Waals surface area contributed by atoms with Crippen LogP contribution in [0.4, 0.5) is 0 Å². The first-order valence-electron chi connectivity index (χ1n) is 10.9. The number of unbranched alkanes of at least 4 members (excludes halogenated alkanes) is 2. The molecule has 4 aromatic rings. The Kier molecular flexibility index (Phi) is 5.99. The maximum absolute atomic E-state index is 13.2. The summed E-state index contributed by atoms with van der Waals surface area (Å²) in [5.74, 6) is -1.22. The number of fused-ring (bicyclic) bond motifs is 2. The molecule has 4 rings (SSSR count). The zero-order valence-electron chi connectivity index (χ0n) is 18.4. The van der Waals surface area contributed by atoms with Crippen molar-refractivity contribution >= 4 is 27.8 Å². The van der Waals surface area contributed by atoms with E-state index in [4.69, 9.17) is 0 Å². The highest BCUT2D eigenvalue weighted by Gasteiger charge is 2.17. The van der Waals surface area contributed by atoms with Crippen LogP contribution >= 0.6 is 0 Å². The van der Waals surface area contributed by atoms with Crippen LogP contribution in [0.5, 0.6) is 0 Å². The Morgan fingerprint density at radius 3 is 2.50 bits per heavy atom. The van der Waals surface area contributed by atoms with Crippen molar-refractivity contribution in [2.24, 2.45) is 7.05 Å². The number of carbonyl (C=O) groups is 1. The van der Waals surface area contributed by atoms with Crippen molar-refractivity contribution in [3.05, 3.63) is 80.6 Å². The molecule has 2 aromatic heterocycles. The Morgan fingerprint density at radius 2 is 1.75 bits per heavy atom. The molecule has 2 aromatic carbocycles. The van der Waals surface area contributed by atoms with Crippen LogP contribution in [0, 0.1) is 0 Å². The monoisotopic (exact) mass is 433 g/mol. The number of para-hydroxylation sites is 1. The lowest BCUT2D eigenvalue weighted by Gasteiger charge is -2.14. The number of carboxylic acids is 1. The van der Waals surface area contributed by atoms with E-state index in [-0.39, 0.29) is 6.54 Å². The van der Waals surface area contributed by atoms with Gasteiger partial charge in [0, 0.05) is 24.1 Å². The first-order valence-corrected chi connectivity index (χ1v) is 10.9. The fourth-order valence-electron chi connectivity index (χ4n) is 4.35. The number of nitrogens with zero attached hydrogens (tertiary/aromatic N) is 3. The SMILES string of the molecule is CCCCCc1ccc2c(c1)c(=O)n(CC(=O)O)c(=O)n2Cc1cn(C)c2ccccc12. The summed E-state index contributed by atoms with van der Waals surface area (Å²) in [6.45, 7) is 1.71. The van der Waals surface area contributed by atoms with E-state index in [2.05, 4.69) is 6.92 Å². The molecule has 0 amide bonds. The predicted octanol–water partition coefficient (Wildman–Crippen LogP) is 3.52. The van der Waals surface area contributed by atoms with Crippen molar-refractivity contribution in [1.29, 1.82) is 0 Å². The standard InChI is InChI=1S/C25H27N3O4/c1-3-4-5-8-17-11-12-22-20(13-17)24(31)28(16-23(29)30)25(32)27(22)15-18-14-26(2)21-10-7-6-9-19(18)21/h6-7,9-14H,3-5,8,15-16H2,1-2H3,(H,29,30). The zero-order chi connectivity index (χ0) is 22.8. The largest absolute Gasteiger partial charge is 0.480 e. The van der Waals surface area contributed by atoms with Gasteiger partial charge < -0.3 is 9.67 Å². The van der Waals surface area contributed by atoms with Gasteiger partial charge in [-0.25, -0.2) is 9.36 Å². The molecule has 0 unspecified atom stereocenters. The second-order valence-electron chi connectivity index (χ2n) is 8.24. The fraction of sp³-hybridized carbons (Fsp3) is 0.320. The Balaban J connectivity index is 1.90. The number of rotatable bonds is 8. The highest BCUT2D eigenvalue weighted by molar-refractivity contribution is 5.84. The summed E-state index contributed by atoms with van der Waals surface area (Å²) in [7, 11) is 1.95. The van der Waals surface area contributed by atoms with Gasteiger partial charge in [0.15, 0.2) is 0 Å². The predicted molar refractivity (Wildman–Crippen MR) is 125 cm³/mol. The molecule has 0 aliphatic rings. The van der Waals surface area contributed by atoms with Gasteiger partial charge in [0.2, 0.25) is 0 Å². The molecule has 0 saturated heterocycles. The van der Waals surface area contributed by atoms with Gasteiger partial charge in [0.05, 0.1) is 17.4 Å². The van der Waals surface area contributed by atoms with Gasteiger partial charge in [-0.3, -0.25) is 14.2 Å². The normalized spacial score (nSPS) is 11.4. The molecule has 2 heterocycles. The zero-order valence-corrected chi connectivity index (χ0v) is 18.4. The molecule has 7 heteroatoms. The smallest absolute Gasteiger partial charge is 0.332 e. The number of hydrogen-bond acceptors (Lipinski definition) is 3. The van der Waals surface area contributed by atoms with E-state index >= 15 is 0 Å². The van der Waals surface area contributed by atoms with Crippen molar-refractivity contribution in [2.75, 3.05) is 0 Å². The molecular weight excluding hydrogens is 406 g/mol. The van der Waals surface area contributed by atoms with Crippen LogP contribution < -0.4 is 11.2 Å². The lowest BCUT2D eigenvalue weighted by atomic mass is 10.0. The molecule has 0 atom stereocenters. The minimum atomic E-state index is -1.22. The summed E-state index contributed by atoms with van der Waals surface area (Å²) in [6, 6.07) is 13.5. The number of aliphatic carboxylic acids is 1. The molecule has 0 fully saturated rings. The van der Waals surface area contributed by atoms with Gasteiger partial charge in [-0.1, -0.05) is 44.0 Å². The number of benzene rings is 2. The van der Waals surface area contributed by atoms with Crippen LogP contribution in [0.15, 0.2) is 58.3 Å². The Hall–Kier alpha value is -3.61. The average molecular weight is 434 g/mol. The summed E-state index contributed by atoms with van der Waals surface area (Å²) in [4.78, 5) is 37.7. The first kappa shape index (κ1) is 21.6. The summed E-state index contributed by atoms with van der Waals surface area (Å²) >= 11 is 0. The van der Waals surface area contributed by atoms with Crippen LogP contribution in [-0.4, -0.2) is 24.8 Å². The van der Waals surface area contributed by atoms with Crippen LogP contribution in [0.2, 0.25) is 0 Å². The van der Waals surface area contributed by atoms with E-state index in [0.29, 0.717) is 10.9 Å². The molecule has 0 aliphatic heterocycles. The maximum atomic E-state index is 13.2. The summed E-state index contributed by atoms with van der Waals surface area (Å²) in [6.07, 6.45) is 6.02. The summed E-state index contributed by atoms with van der Waals surface area (Å²) in [5, 5.41) is 10.7. The van der Waals surface area contributed by atoms with Gasteiger partial charge in [-0.05, 0) is 42.2 Å². The van der Waals surface area contributed by atoms with Crippen molar-refractivity contribution in [1.82, 2.24) is 13.7 Å². The number of aryl methyl sites for hydroxylation is 2. The molecular formula is C25H27N3O4. The van der Waals surface area contributed by atoms with E-state index in [0.717, 1.165) is 52.3 Å². The van der Waals surface area contributed by atoms with Crippen LogP contribution in [0.25, 0.3) is 21.8 Å². The molecule has 0 saturated carbocycles. The quantitative estimate of drug-likeness (QED) is 0.431. The van der Waals surface area contributed by atoms with Crippen LogP contribution in [0.1, 0.15) is 37.3 Å². The highest BCUT2D eigenvalue weighted by Crippen LogP contribution is 2.22. The maximum Gasteiger partial charge on any atom is 0.332 e. The molecule has 166 valence electrons. The minimum Gasteiger partial charge on any atom is -0.480 e. The van der Waals surface area contributed by atoms with Gasteiger partial charge >= 0.3 is 11.7 Å². The molecule has 0 bridgehead atoms. The Labute approximate surface area is 185 Å². The van der Waals surface area contributed by atoms with Gasteiger partial charge in [-0.2, -0.15) is 0 Å². The lowest BCUT2D eigenvalue weighted by molar-refractivity contribution is -0.137. The van der Waals surface area contributed by atoms with E-state index < -0.39 is 23.8 Å².